The van der Waals surface area contributed by atoms with E-state index in [1.54, 1.807) is 13.0 Å². The fourth-order valence-corrected chi connectivity index (χ4v) is 1.20. The molecular formula is C10H13FN4O. The first kappa shape index (κ1) is 12.0. The number of carbonyl (C=O) groups is 1. The predicted molar refractivity (Wildman–Crippen MR) is 60.0 cm³/mol. The summed E-state index contributed by atoms with van der Waals surface area (Å²) in [5.74, 6) is -0.742. The molecule has 0 aliphatic heterocycles. The molecule has 0 aliphatic rings. The number of hydrogen-bond donors (Lipinski definition) is 3. The molecule has 0 aromatic heterocycles. The number of urea groups is 1. The topological polar surface area (TPSA) is 82.2 Å². The molecule has 0 unspecified atom stereocenters. The molecule has 0 saturated heterocycles. The van der Waals surface area contributed by atoms with Gasteiger partial charge in [0.15, 0.2) is 0 Å². The van der Waals surface area contributed by atoms with Crippen LogP contribution in [0.4, 0.5) is 14.9 Å². The van der Waals surface area contributed by atoms with E-state index in [4.69, 9.17) is 11.1 Å². The van der Waals surface area contributed by atoms with Crippen molar-refractivity contribution in [2.45, 2.75) is 6.92 Å². The van der Waals surface area contributed by atoms with Gasteiger partial charge in [-0.1, -0.05) is 6.07 Å². The Morgan fingerprint density at radius 2 is 2.19 bits per heavy atom. The van der Waals surface area contributed by atoms with Crippen LogP contribution in [-0.4, -0.2) is 19.0 Å². The van der Waals surface area contributed by atoms with Crippen molar-refractivity contribution in [1.29, 1.82) is 5.41 Å². The standard InChI is InChI=1S/C10H13FN4O/c1-6-3-4-8(7(11)5-6)15(2)9(12)14-10(13)16/h3-5H,1-2H3,(H4,12,13,14,16). The third kappa shape index (κ3) is 2.69. The molecule has 2 amide bonds. The molecule has 0 aliphatic carbocycles. The molecule has 16 heavy (non-hydrogen) atoms. The van der Waals surface area contributed by atoms with Crippen LogP contribution < -0.4 is 16.0 Å². The van der Waals surface area contributed by atoms with E-state index in [1.165, 1.54) is 24.1 Å². The lowest BCUT2D eigenvalue weighted by atomic mass is 10.2. The Balaban J connectivity index is 2.91. The molecule has 0 bridgehead atoms. The molecule has 0 saturated carbocycles. The average Bonchev–Trinajstić information content (AvgIpc) is 2.15. The van der Waals surface area contributed by atoms with Gasteiger partial charge in [-0.05, 0) is 24.6 Å². The second-order valence-corrected chi connectivity index (χ2v) is 3.35. The van der Waals surface area contributed by atoms with Gasteiger partial charge in [0.2, 0.25) is 5.96 Å². The fourth-order valence-electron chi connectivity index (χ4n) is 1.20. The summed E-state index contributed by atoms with van der Waals surface area (Å²) < 4.78 is 13.5. The zero-order chi connectivity index (χ0) is 12.3. The van der Waals surface area contributed by atoms with Crippen LogP contribution in [0.3, 0.4) is 0 Å². The number of benzene rings is 1. The van der Waals surface area contributed by atoms with Crippen LogP contribution in [0.2, 0.25) is 0 Å². The van der Waals surface area contributed by atoms with E-state index in [9.17, 15) is 9.18 Å². The normalized spacial score (nSPS) is 9.69. The quantitative estimate of drug-likeness (QED) is 0.494. The molecule has 4 N–H and O–H groups in total. The smallest absolute Gasteiger partial charge is 0.318 e. The highest BCUT2D eigenvalue weighted by atomic mass is 19.1. The van der Waals surface area contributed by atoms with Gasteiger partial charge in [-0.2, -0.15) is 0 Å². The minimum absolute atomic E-state index is 0.198. The number of hydrogen-bond acceptors (Lipinski definition) is 2. The van der Waals surface area contributed by atoms with E-state index < -0.39 is 11.8 Å². The van der Waals surface area contributed by atoms with Gasteiger partial charge in [-0.25, -0.2) is 9.18 Å². The van der Waals surface area contributed by atoms with E-state index >= 15 is 0 Å². The summed E-state index contributed by atoms with van der Waals surface area (Å²) in [7, 11) is 1.46. The van der Waals surface area contributed by atoms with Crippen molar-refractivity contribution < 1.29 is 9.18 Å². The Kier molecular flexibility index (Phi) is 3.44. The predicted octanol–water partition coefficient (Wildman–Crippen LogP) is 1.17. The first-order valence-corrected chi connectivity index (χ1v) is 4.56. The highest BCUT2D eigenvalue weighted by Gasteiger charge is 2.12. The third-order valence-corrected chi connectivity index (χ3v) is 2.04. The fraction of sp³-hybridized carbons (Fsp3) is 0.200. The molecule has 0 radical (unpaired) electrons. The second-order valence-electron chi connectivity index (χ2n) is 3.35. The maximum atomic E-state index is 13.5. The summed E-state index contributed by atoms with van der Waals surface area (Å²) in [5.41, 5.74) is 5.84. The maximum Gasteiger partial charge on any atom is 0.318 e. The second kappa shape index (κ2) is 4.61. The molecule has 6 heteroatoms. The SMILES string of the molecule is Cc1ccc(N(C)C(=N)NC(N)=O)c(F)c1. The lowest BCUT2D eigenvalue weighted by Crippen LogP contribution is -2.44. The summed E-state index contributed by atoms with van der Waals surface area (Å²) in [6.45, 7) is 1.76. The van der Waals surface area contributed by atoms with Gasteiger partial charge in [0.1, 0.15) is 5.82 Å². The van der Waals surface area contributed by atoms with E-state index in [0.717, 1.165) is 5.56 Å². The van der Waals surface area contributed by atoms with Gasteiger partial charge in [-0.3, -0.25) is 10.7 Å². The zero-order valence-corrected chi connectivity index (χ0v) is 9.04. The molecular weight excluding hydrogens is 211 g/mol. The van der Waals surface area contributed by atoms with Gasteiger partial charge in [0.05, 0.1) is 5.69 Å². The number of amides is 2. The van der Waals surface area contributed by atoms with Crippen LogP contribution in [0.15, 0.2) is 18.2 Å². The Bertz CT molecular complexity index is 433. The molecule has 1 aromatic rings. The number of primary amides is 1. The van der Waals surface area contributed by atoms with E-state index in [-0.39, 0.29) is 11.6 Å². The number of rotatable bonds is 1. The lowest BCUT2D eigenvalue weighted by Gasteiger charge is -2.20. The first-order chi connectivity index (χ1) is 7.41. The number of carbonyl (C=O) groups excluding carboxylic acids is 1. The van der Waals surface area contributed by atoms with Crippen molar-refractivity contribution in [1.82, 2.24) is 5.32 Å². The Morgan fingerprint density at radius 1 is 1.56 bits per heavy atom. The highest BCUT2D eigenvalue weighted by Crippen LogP contribution is 2.18. The molecule has 86 valence electrons. The highest BCUT2D eigenvalue weighted by molar-refractivity contribution is 6.02. The third-order valence-electron chi connectivity index (χ3n) is 2.04. The molecule has 1 aromatic carbocycles. The maximum absolute atomic E-state index is 13.5. The summed E-state index contributed by atoms with van der Waals surface area (Å²) in [6.07, 6.45) is 0. The molecule has 0 fully saturated rings. The van der Waals surface area contributed by atoms with Crippen molar-refractivity contribution in [3.8, 4) is 0 Å². The minimum Gasteiger partial charge on any atom is -0.351 e. The number of nitrogens with one attached hydrogen (secondary N) is 2. The summed E-state index contributed by atoms with van der Waals surface area (Å²) in [5, 5.41) is 9.52. The largest absolute Gasteiger partial charge is 0.351 e. The van der Waals surface area contributed by atoms with Crippen molar-refractivity contribution in [2.75, 3.05) is 11.9 Å². The van der Waals surface area contributed by atoms with Crippen LogP contribution in [-0.2, 0) is 0 Å². The Hall–Kier alpha value is -2.11. The van der Waals surface area contributed by atoms with Gasteiger partial charge in [0.25, 0.3) is 0 Å². The summed E-state index contributed by atoms with van der Waals surface area (Å²) in [4.78, 5) is 11.7. The van der Waals surface area contributed by atoms with Crippen molar-refractivity contribution >= 4 is 17.7 Å². The van der Waals surface area contributed by atoms with Crippen molar-refractivity contribution in [2.24, 2.45) is 5.73 Å². The number of nitrogens with two attached hydrogens (primary N) is 1. The summed E-state index contributed by atoms with van der Waals surface area (Å²) in [6, 6.07) is 3.74. The van der Waals surface area contributed by atoms with Gasteiger partial charge >= 0.3 is 6.03 Å². The number of anilines is 1. The first-order valence-electron chi connectivity index (χ1n) is 4.56. The Morgan fingerprint density at radius 3 is 2.69 bits per heavy atom. The molecule has 0 atom stereocenters. The van der Waals surface area contributed by atoms with Gasteiger partial charge < -0.3 is 10.6 Å². The van der Waals surface area contributed by atoms with Crippen molar-refractivity contribution in [3.63, 3.8) is 0 Å². The lowest BCUT2D eigenvalue weighted by molar-refractivity contribution is 0.253. The zero-order valence-electron chi connectivity index (χ0n) is 9.04. The number of guanidine groups is 1. The molecule has 5 nitrogen and oxygen atoms in total. The van der Waals surface area contributed by atoms with Crippen LogP contribution in [0.25, 0.3) is 0 Å². The average molecular weight is 224 g/mol. The van der Waals surface area contributed by atoms with Gasteiger partial charge in [0, 0.05) is 7.05 Å². The minimum atomic E-state index is -0.857. The molecule has 0 heterocycles. The van der Waals surface area contributed by atoms with Crippen LogP contribution in [0.5, 0.6) is 0 Å². The number of nitrogens with zero attached hydrogens (tertiary/aromatic N) is 1. The van der Waals surface area contributed by atoms with Crippen LogP contribution in [0, 0.1) is 18.2 Å². The molecule has 1 rings (SSSR count). The van der Waals surface area contributed by atoms with Crippen LogP contribution >= 0.6 is 0 Å². The van der Waals surface area contributed by atoms with E-state index in [1.807, 2.05) is 0 Å². The van der Waals surface area contributed by atoms with E-state index in [2.05, 4.69) is 5.32 Å². The van der Waals surface area contributed by atoms with Crippen LogP contribution in [0.1, 0.15) is 5.56 Å². The Labute approximate surface area is 92.6 Å². The number of halogens is 1. The number of aryl methyl sites for hydroxylation is 1. The monoisotopic (exact) mass is 224 g/mol. The summed E-state index contributed by atoms with van der Waals surface area (Å²) >= 11 is 0. The van der Waals surface area contributed by atoms with Gasteiger partial charge in [-0.15, -0.1) is 0 Å². The van der Waals surface area contributed by atoms with Crippen molar-refractivity contribution in [3.05, 3.63) is 29.6 Å². The molecule has 0 spiro atoms. The van der Waals surface area contributed by atoms with E-state index in [0.29, 0.717) is 0 Å².